The Kier molecular flexibility index (Phi) is 6.65. The van der Waals surface area contributed by atoms with E-state index in [9.17, 15) is 10.1 Å². The first-order valence-electron chi connectivity index (χ1n) is 8.02. The number of rotatable bonds is 6. The van der Waals surface area contributed by atoms with Gasteiger partial charge in [0.25, 0.3) is 5.91 Å². The molecule has 5 nitrogen and oxygen atoms in total. The van der Waals surface area contributed by atoms with Gasteiger partial charge in [-0.3, -0.25) is 4.79 Å². The molecular weight excluding hydrogens is 350 g/mol. The van der Waals surface area contributed by atoms with Crippen LogP contribution in [0.25, 0.3) is 0 Å². The largest absolute Gasteiger partial charge is 0.497 e. The van der Waals surface area contributed by atoms with Gasteiger partial charge in [-0.15, -0.1) is 0 Å². The second-order valence-corrected chi connectivity index (χ2v) is 6.15. The molecule has 1 atom stereocenters. The van der Waals surface area contributed by atoms with Crippen molar-refractivity contribution in [1.29, 1.82) is 5.26 Å². The van der Waals surface area contributed by atoms with Crippen LogP contribution in [0.4, 0.5) is 5.69 Å². The zero-order valence-corrected chi connectivity index (χ0v) is 15.6. The molecule has 0 aliphatic rings. The van der Waals surface area contributed by atoms with Crippen molar-refractivity contribution in [3.8, 4) is 11.8 Å². The van der Waals surface area contributed by atoms with Crippen molar-refractivity contribution in [3.63, 3.8) is 0 Å². The fraction of sp³-hybridized carbons (Fsp3) is 0.200. The maximum Gasteiger partial charge on any atom is 0.263 e. The first-order chi connectivity index (χ1) is 12.4. The maximum atomic E-state index is 12.3. The predicted molar refractivity (Wildman–Crippen MR) is 103 cm³/mol. The summed E-state index contributed by atoms with van der Waals surface area (Å²) in [5, 5.41) is 15.6. The molecule has 2 rings (SSSR count). The first-order valence-corrected chi connectivity index (χ1v) is 8.40. The van der Waals surface area contributed by atoms with E-state index in [0.717, 1.165) is 16.9 Å². The molecule has 1 amide bonds. The molecule has 0 saturated heterocycles. The van der Waals surface area contributed by atoms with Gasteiger partial charge in [0.2, 0.25) is 0 Å². The third-order valence-electron chi connectivity index (χ3n) is 3.88. The zero-order chi connectivity index (χ0) is 19.1. The fourth-order valence-corrected chi connectivity index (χ4v) is 2.42. The van der Waals surface area contributed by atoms with Crippen molar-refractivity contribution in [2.45, 2.75) is 19.9 Å². The van der Waals surface area contributed by atoms with Crippen LogP contribution in [0.2, 0.25) is 5.02 Å². The van der Waals surface area contributed by atoms with Crippen LogP contribution in [0.5, 0.6) is 5.75 Å². The number of halogens is 1. The van der Waals surface area contributed by atoms with E-state index < -0.39 is 5.91 Å². The molecule has 0 radical (unpaired) electrons. The Labute approximate surface area is 158 Å². The lowest BCUT2D eigenvalue weighted by Crippen LogP contribution is -2.28. The molecule has 0 aromatic heterocycles. The van der Waals surface area contributed by atoms with Gasteiger partial charge in [-0.1, -0.05) is 29.8 Å². The summed E-state index contributed by atoms with van der Waals surface area (Å²) in [7, 11) is 1.60. The number of hydrogen-bond donors (Lipinski definition) is 2. The molecule has 0 spiro atoms. The lowest BCUT2D eigenvalue weighted by molar-refractivity contribution is -0.117. The molecule has 26 heavy (non-hydrogen) atoms. The molecule has 134 valence electrons. The number of carbonyl (C=O) groups excluding carboxylic acids is 1. The van der Waals surface area contributed by atoms with Gasteiger partial charge in [0.05, 0.1) is 13.2 Å². The summed E-state index contributed by atoms with van der Waals surface area (Å²) in [6, 6.07) is 14.5. The molecule has 6 heteroatoms. The van der Waals surface area contributed by atoms with Gasteiger partial charge < -0.3 is 15.4 Å². The number of methoxy groups -OCH3 is 1. The van der Waals surface area contributed by atoms with Crippen LogP contribution in [0.3, 0.4) is 0 Å². The SMILES string of the molecule is COc1ccc(C(C)NC(=O)/C(C#N)=C\Nc2ccc(C)c(Cl)c2)cc1. The molecule has 2 aromatic carbocycles. The molecule has 2 aromatic rings. The number of nitrogens with zero attached hydrogens (tertiary/aromatic N) is 1. The lowest BCUT2D eigenvalue weighted by atomic mass is 10.1. The van der Waals surface area contributed by atoms with E-state index in [1.54, 1.807) is 13.2 Å². The van der Waals surface area contributed by atoms with Crippen molar-refractivity contribution in [3.05, 3.63) is 70.4 Å². The highest BCUT2D eigenvalue weighted by molar-refractivity contribution is 6.31. The molecule has 0 heterocycles. The number of ether oxygens (including phenoxy) is 1. The predicted octanol–water partition coefficient (Wildman–Crippen LogP) is 4.35. The Morgan fingerprint density at radius 3 is 2.54 bits per heavy atom. The minimum Gasteiger partial charge on any atom is -0.497 e. The van der Waals surface area contributed by atoms with Crippen LogP contribution >= 0.6 is 11.6 Å². The average Bonchev–Trinajstić information content (AvgIpc) is 2.65. The number of hydrogen-bond acceptors (Lipinski definition) is 4. The van der Waals surface area contributed by atoms with Crippen LogP contribution in [-0.2, 0) is 4.79 Å². The van der Waals surface area contributed by atoms with Crippen LogP contribution in [0.15, 0.2) is 54.2 Å². The number of benzene rings is 2. The summed E-state index contributed by atoms with van der Waals surface area (Å²) in [5.74, 6) is 0.285. The number of nitrogens with one attached hydrogen (secondary N) is 2. The van der Waals surface area contributed by atoms with E-state index in [1.807, 2.05) is 56.3 Å². The number of amides is 1. The summed E-state index contributed by atoms with van der Waals surface area (Å²) >= 11 is 6.07. The maximum absolute atomic E-state index is 12.3. The van der Waals surface area contributed by atoms with E-state index in [-0.39, 0.29) is 11.6 Å². The highest BCUT2D eigenvalue weighted by Crippen LogP contribution is 2.20. The van der Waals surface area contributed by atoms with E-state index in [0.29, 0.717) is 10.7 Å². The number of nitriles is 1. The summed E-state index contributed by atoms with van der Waals surface area (Å²) < 4.78 is 5.12. The highest BCUT2D eigenvalue weighted by Gasteiger charge is 2.14. The topological polar surface area (TPSA) is 74.1 Å². The Morgan fingerprint density at radius 2 is 1.96 bits per heavy atom. The van der Waals surface area contributed by atoms with Gasteiger partial charge in [0.1, 0.15) is 17.4 Å². The van der Waals surface area contributed by atoms with E-state index in [1.165, 1.54) is 6.20 Å². The van der Waals surface area contributed by atoms with E-state index in [2.05, 4.69) is 10.6 Å². The number of aryl methyl sites for hydroxylation is 1. The van der Waals surface area contributed by atoms with Crippen molar-refractivity contribution in [2.24, 2.45) is 0 Å². The summed E-state index contributed by atoms with van der Waals surface area (Å²) in [4.78, 5) is 12.3. The van der Waals surface area contributed by atoms with Crippen molar-refractivity contribution in [2.75, 3.05) is 12.4 Å². The molecule has 0 bridgehead atoms. The molecule has 0 aliphatic carbocycles. The van der Waals surface area contributed by atoms with Gasteiger partial charge in [0, 0.05) is 16.9 Å². The number of carbonyl (C=O) groups is 1. The van der Waals surface area contributed by atoms with Crippen LogP contribution in [0.1, 0.15) is 24.1 Å². The van der Waals surface area contributed by atoms with Crippen molar-refractivity contribution in [1.82, 2.24) is 5.32 Å². The molecule has 1 unspecified atom stereocenters. The van der Waals surface area contributed by atoms with Crippen molar-refractivity contribution >= 4 is 23.2 Å². The standard InChI is InChI=1S/C20H20ClN3O2/c1-13-4-7-17(10-19(13)21)23-12-16(11-22)20(25)24-14(2)15-5-8-18(26-3)9-6-15/h4-10,12,14,23H,1-3H3,(H,24,25)/b16-12-. The Hall–Kier alpha value is -2.97. The molecule has 0 aliphatic heterocycles. The van der Waals surface area contributed by atoms with Crippen LogP contribution in [0, 0.1) is 18.3 Å². The first kappa shape index (κ1) is 19.4. The smallest absolute Gasteiger partial charge is 0.263 e. The molecule has 0 fully saturated rings. The van der Waals surface area contributed by atoms with Crippen LogP contribution in [-0.4, -0.2) is 13.0 Å². The van der Waals surface area contributed by atoms with E-state index >= 15 is 0 Å². The molecule has 0 saturated carbocycles. The Morgan fingerprint density at radius 1 is 1.27 bits per heavy atom. The second-order valence-electron chi connectivity index (χ2n) is 5.75. The Balaban J connectivity index is 2.04. The van der Waals surface area contributed by atoms with Gasteiger partial charge in [-0.05, 0) is 49.2 Å². The van der Waals surface area contributed by atoms with Crippen LogP contribution < -0.4 is 15.4 Å². The monoisotopic (exact) mass is 369 g/mol. The normalized spacial score (nSPS) is 12.0. The van der Waals surface area contributed by atoms with Crippen molar-refractivity contribution < 1.29 is 9.53 Å². The number of anilines is 1. The second kappa shape index (κ2) is 8.93. The third kappa shape index (κ3) is 5.01. The lowest BCUT2D eigenvalue weighted by Gasteiger charge is -2.14. The molecule has 2 N–H and O–H groups in total. The third-order valence-corrected chi connectivity index (χ3v) is 4.29. The minimum atomic E-state index is -0.457. The van der Waals surface area contributed by atoms with Gasteiger partial charge in [-0.25, -0.2) is 0 Å². The van der Waals surface area contributed by atoms with Gasteiger partial charge in [-0.2, -0.15) is 5.26 Å². The highest BCUT2D eigenvalue weighted by atomic mass is 35.5. The zero-order valence-electron chi connectivity index (χ0n) is 14.8. The summed E-state index contributed by atoms with van der Waals surface area (Å²) in [6.45, 7) is 3.75. The quantitative estimate of drug-likeness (QED) is 0.586. The van der Waals surface area contributed by atoms with Gasteiger partial charge >= 0.3 is 0 Å². The summed E-state index contributed by atoms with van der Waals surface area (Å²) in [5.41, 5.74) is 2.54. The van der Waals surface area contributed by atoms with E-state index in [4.69, 9.17) is 16.3 Å². The Bertz CT molecular complexity index is 854. The minimum absolute atomic E-state index is 0.0259. The van der Waals surface area contributed by atoms with Gasteiger partial charge in [0.15, 0.2) is 0 Å². The fourth-order valence-electron chi connectivity index (χ4n) is 2.24. The molecular formula is C20H20ClN3O2. The summed E-state index contributed by atoms with van der Waals surface area (Å²) in [6.07, 6.45) is 1.37. The average molecular weight is 370 g/mol.